The number of nitrogens with one attached hydrogen (secondary N) is 4. The zero-order valence-corrected chi connectivity index (χ0v) is 33.3. The summed E-state index contributed by atoms with van der Waals surface area (Å²) in [5, 5.41) is 12.6. The van der Waals surface area contributed by atoms with E-state index in [1.807, 2.05) is 60.7 Å². The number of aromatic nitrogens is 3. The molecule has 0 saturated heterocycles. The third-order valence-corrected chi connectivity index (χ3v) is 10.4. The van der Waals surface area contributed by atoms with Crippen LogP contribution in [0.15, 0.2) is 71.8 Å². The first-order chi connectivity index (χ1) is 26.1. The summed E-state index contributed by atoms with van der Waals surface area (Å²) in [5.74, 6) is 1.46. The van der Waals surface area contributed by atoms with Gasteiger partial charge < -0.3 is 31.1 Å². The van der Waals surface area contributed by atoms with E-state index >= 15 is 0 Å². The number of sulfone groups is 1. The molecule has 5 rings (SSSR count). The van der Waals surface area contributed by atoms with E-state index in [9.17, 15) is 18.0 Å². The quantitative estimate of drug-likeness (QED) is 0.108. The Labute approximate surface area is 321 Å². The van der Waals surface area contributed by atoms with Crippen LogP contribution in [-0.2, 0) is 19.4 Å². The maximum atomic E-state index is 12.5. The molecule has 0 atom stereocenters. The Hall–Kier alpha value is -4.66. The number of hydrogen-bond donors (Lipinski definition) is 4. The van der Waals surface area contributed by atoms with Gasteiger partial charge >= 0.3 is 0 Å². The highest BCUT2D eigenvalue weighted by Gasteiger charge is 2.40. The highest BCUT2D eigenvalue weighted by Crippen LogP contribution is 2.42. The Kier molecular flexibility index (Phi) is 16.6. The molecule has 3 aromatic rings. The third kappa shape index (κ3) is 12.7. The molecule has 0 fully saturated rings. The molecule has 1 amide bonds. The van der Waals surface area contributed by atoms with Crippen LogP contribution in [0, 0.1) is 0 Å². The molecule has 4 N–H and O–H groups in total. The van der Waals surface area contributed by atoms with E-state index < -0.39 is 9.84 Å². The average Bonchev–Trinajstić information content (AvgIpc) is 3.71. The van der Waals surface area contributed by atoms with Gasteiger partial charge in [0.2, 0.25) is 17.8 Å². The van der Waals surface area contributed by atoms with Crippen LogP contribution in [0.4, 0.5) is 17.8 Å². The largest absolute Gasteiger partial charge is 0.354 e. The van der Waals surface area contributed by atoms with Crippen molar-refractivity contribution in [3.05, 3.63) is 82.9 Å². The summed E-state index contributed by atoms with van der Waals surface area (Å²) < 4.78 is 22.7. The fraction of sp³-hybridized carbons (Fsp3) is 0.475. The summed E-state index contributed by atoms with van der Waals surface area (Å²) in [6, 6.07) is 19.1. The summed E-state index contributed by atoms with van der Waals surface area (Å²) in [5.41, 5.74) is 4.33. The molecule has 1 aliphatic heterocycles. The van der Waals surface area contributed by atoms with E-state index in [-0.39, 0.29) is 17.4 Å². The number of benzene rings is 2. The van der Waals surface area contributed by atoms with Gasteiger partial charge in [-0.2, -0.15) is 15.0 Å². The van der Waals surface area contributed by atoms with Crippen molar-refractivity contribution in [2.24, 2.45) is 0 Å². The Morgan fingerprint density at radius 3 is 1.54 bits per heavy atom. The van der Waals surface area contributed by atoms with Gasteiger partial charge in [-0.05, 0) is 75.2 Å². The van der Waals surface area contributed by atoms with Crippen LogP contribution in [0.5, 0.6) is 0 Å². The van der Waals surface area contributed by atoms with Crippen molar-refractivity contribution in [3.63, 3.8) is 0 Å². The van der Waals surface area contributed by atoms with E-state index in [1.54, 1.807) is 0 Å². The molecule has 0 spiro atoms. The molecule has 2 aliphatic rings. The number of allylic oxidation sites excluding steroid dienone is 1. The van der Waals surface area contributed by atoms with Gasteiger partial charge in [-0.25, -0.2) is 8.42 Å². The van der Waals surface area contributed by atoms with Gasteiger partial charge in [0.25, 0.3) is 5.91 Å². The number of ketones is 1. The number of rotatable bonds is 21. The number of nitrogens with zero attached hydrogens (tertiary/aromatic N) is 5. The summed E-state index contributed by atoms with van der Waals surface area (Å²) in [6.07, 6.45) is 4.03. The van der Waals surface area contributed by atoms with E-state index in [2.05, 4.69) is 73.7 Å². The minimum absolute atomic E-state index is 0.00561. The molecule has 14 heteroatoms. The number of Topliss-reactive ketones (excluding diaryl/α,β-unsaturated/α-hetero) is 1. The minimum atomic E-state index is -2.97. The monoisotopic (exact) mass is 759 g/mol. The van der Waals surface area contributed by atoms with Crippen LogP contribution in [-0.4, -0.2) is 116 Å². The summed E-state index contributed by atoms with van der Waals surface area (Å²) >= 11 is 0. The maximum absolute atomic E-state index is 12.5. The number of anilines is 3. The topological polar surface area (TPSA) is 162 Å². The molecule has 2 aromatic carbocycles. The van der Waals surface area contributed by atoms with Gasteiger partial charge in [-0.15, -0.1) is 0 Å². The third-order valence-electron chi connectivity index (χ3n) is 9.34. The summed E-state index contributed by atoms with van der Waals surface area (Å²) in [6.45, 7) is 17.0. The number of fused-ring (bicyclic) bond motifs is 1. The second kappa shape index (κ2) is 21.3. The first-order valence-electron chi connectivity index (χ1n) is 19.1. The number of carbonyl (C=O) groups is 2. The second-order valence-corrected chi connectivity index (χ2v) is 15.5. The van der Waals surface area contributed by atoms with Crippen molar-refractivity contribution in [1.82, 2.24) is 30.1 Å². The molecule has 0 radical (unpaired) electrons. The zero-order valence-electron chi connectivity index (χ0n) is 32.5. The molecule has 0 bridgehead atoms. The van der Waals surface area contributed by atoms with Gasteiger partial charge in [0, 0.05) is 32.3 Å². The number of hydrogen-bond acceptors (Lipinski definition) is 12. The zero-order chi connectivity index (χ0) is 38.9. The van der Waals surface area contributed by atoms with Crippen LogP contribution < -0.4 is 21.3 Å². The molecule has 13 nitrogen and oxygen atoms in total. The fourth-order valence-corrected chi connectivity index (χ4v) is 6.99. The van der Waals surface area contributed by atoms with E-state index in [0.29, 0.717) is 54.1 Å². The lowest BCUT2D eigenvalue weighted by atomic mass is 10.0. The first-order valence-corrected chi connectivity index (χ1v) is 21.2. The van der Waals surface area contributed by atoms with Gasteiger partial charge in [0.15, 0.2) is 5.78 Å². The van der Waals surface area contributed by atoms with Crippen molar-refractivity contribution in [2.75, 3.05) is 86.9 Å². The van der Waals surface area contributed by atoms with Crippen LogP contribution in [0.25, 0.3) is 11.3 Å². The Morgan fingerprint density at radius 2 is 1.09 bits per heavy atom. The van der Waals surface area contributed by atoms with Crippen LogP contribution in [0.2, 0.25) is 0 Å². The number of amides is 1. The molecule has 54 heavy (non-hydrogen) atoms. The van der Waals surface area contributed by atoms with Crippen molar-refractivity contribution < 1.29 is 18.0 Å². The second-order valence-electron chi connectivity index (χ2n) is 13.2. The lowest BCUT2D eigenvalue weighted by molar-refractivity contribution is -0.116. The summed E-state index contributed by atoms with van der Waals surface area (Å²) in [7, 11) is -2.97. The molecule has 1 aromatic heterocycles. The first kappa shape index (κ1) is 42.1. The predicted octanol–water partition coefficient (Wildman–Crippen LogP) is 4.96. The van der Waals surface area contributed by atoms with Crippen molar-refractivity contribution in [1.29, 1.82) is 0 Å². The maximum Gasteiger partial charge on any atom is 0.256 e. The molecule has 0 saturated carbocycles. The SMILES string of the molecule is CCN(CC)CCCNc1nc(NCCCN(CC)CC)nc(NCCCS(C)(=O)=O)n1.O=C1CC(c2ccccc2)=C2C(=O)NC(c3ccccc3)=C12. The smallest absolute Gasteiger partial charge is 0.256 e. The average molecular weight is 760 g/mol. The predicted molar refractivity (Wildman–Crippen MR) is 219 cm³/mol. The normalized spacial score (nSPS) is 14.0. The molecule has 2 heterocycles. The van der Waals surface area contributed by atoms with E-state index in [0.717, 1.165) is 81.9 Å². The molecule has 1 aliphatic carbocycles. The lowest BCUT2D eigenvalue weighted by Crippen LogP contribution is -2.26. The fourth-order valence-electron chi connectivity index (χ4n) is 6.32. The Morgan fingerprint density at radius 1 is 0.648 bits per heavy atom. The molecular weight excluding hydrogens is 703 g/mol. The number of carbonyl (C=O) groups excluding carboxylic acids is 2. The molecule has 0 unspecified atom stereocenters. The minimum Gasteiger partial charge on any atom is -0.354 e. The molecular formula is C40H57N9O4S. The van der Waals surface area contributed by atoms with E-state index in [4.69, 9.17) is 0 Å². The highest BCUT2D eigenvalue weighted by molar-refractivity contribution is 7.90. The van der Waals surface area contributed by atoms with Crippen LogP contribution >= 0.6 is 0 Å². The van der Waals surface area contributed by atoms with Crippen molar-refractivity contribution in [2.45, 2.75) is 53.4 Å². The van der Waals surface area contributed by atoms with E-state index in [1.165, 1.54) is 6.26 Å². The van der Waals surface area contributed by atoms with Gasteiger partial charge in [-0.1, -0.05) is 88.4 Å². The Balaban J connectivity index is 0.000000255. The lowest BCUT2D eigenvalue weighted by Gasteiger charge is -2.18. The Bertz CT molecular complexity index is 1730. The van der Waals surface area contributed by atoms with Gasteiger partial charge in [0.1, 0.15) is 9.84 Å². The van der Waals surface area contributed by atoms with Crippen LogP contribution in [0.1, 0.15) is 64.5 Å². The van der Waals surface area contributed by atoms with Gasteiger partial charge in [0.05, 0.1) is 22.6 Å². The van der Waals surface area contributed by atoms with Crippen molar-refractivity contribution >= 4 is 50.6 Å². The molecule has 292 valence electrons. The highest BCUT2D eigenvalue weighted by atomic mass is 32.2. The van der Waals surface area contributed by atoms with Crippen LogP contribution in [0.3, 0.4) is 0 Å². The standard InChI is InChI=1S/C21H44N8O2S.C19H13NO2/c1-6-28(7-2)16-10-13-22-19-25-20(23-14-11-17-29(8-3)9-4)27-21(26-19)24-15-12-18-32(5,30)31;21-15-11-14(12-7-3-1-4-8-12)16-17(15)18(20-19(16)22)13-9-5-2-6-10-13/h6-18H2,1-5H3,(H3,22,23,24,25,26,27);1-10H,11H2,(H,20,22). The van der Waals surface area contributed by atoms with Gasteiger partial charge in [-0.3, -0.25) is 9.59 Å². The van der Waals surface area contributed by atoms with Crippen molar-refractivity contribution in [3.8, 4) is 0 Å². The summed E-state index contributed by atoms with van der Waals surface area (Å²) in [4.78, 5) is 43.1.